The quantitative estimate of drug-likeness (QED) is 0.501. The van der Waals surface area contributed by atoms with Crippen molar-refractivity contribution in [2.24, 2.45) is 0 Å². The lowest BCUT2D eigenvalue weighted by Crippen LogP contribution is -2.39. The Morgan fingerprint density at radius 2 is 1.93 bits per heavy atom. The molecule has 0 fully saturated rings. The summed E-state index contributed by atoms with van der Waals surface area (Å²) in [6, 6.07) is 4.95. The molecule has 28 heavy (non-hydrogen) atoms. The second kappa shape index (κ2) is 10.6. The number of amides is 1. The Hall–Kier alpha value is -1.88. The number of hydrogen-bond donors (Lipinski definition) is 0. The van der Waals surface area contributed by atoms with Crippen molar-refractivity contribution in [3.8, 4) is 0 Å². The molecule has 1 aromatic carbocycles. The fourth-order valence-electron chi connectivity index (χ4n) is 3.68. The van der Waals surface area contributed by atoms with Crippen molar-refractivity contribution in [3.63, 3.8) is 0 Å². The minimum absolute atomic E-state index is 0.0764. The minimum atomic E-state index is -0.217. The second-order valence-corrected chi connectivity index (χ2v) is 7.59. The number of fused-ring (bicyclic) bond motifs is 1. The zero-order chi connectivity index (χ0) is 20.7. The zero-order valence-electron chi connectivity index (χ0n) is 17.5. The first-order valence-corrected chi connectivity index (χ1v) is 10.9. The first kappa shape index (κ1) is 22.4. The molecule has 0 N–H and O–H groups in total. The van der Waals surface area contributed by atoms with Crippen LogP contribution >= 0.6 is 11.6 Å². The van der Waals surface area contributed by atoms with Gasteiger partial charge in [0.2, 0.25) is 5.91 Å². The molecule has 0 aliphatic carbocycles. The molecule has 6 heteroatoms. The van der Waals surface area contributed by atoms with Crippen molar-refractivity contribution in [2.75, 3.05) is 6.54 Å². The van der Waals surface area contributed by atoms with E-state index in [1.54, 1.807) is 22.8 Å². The van der Waals surface area contributed by atoms with Crippen LogP contribution in [0.3, 0.4) is 0 Å². The number of halogens is 1. The molecule has 0 saturated heterocycles. The van der Waals surface area contributed by atoms with Gasteiger partial charge in [0.25, 0.3) is 5.56 Å². The summed E-state index contributed by atoms with van der Waals surface area (Å²) in [6.45, 7) is 9.36. The standard InChI is InChI=1S/C22H32ClN3O2/c1-5-9-10-11-20(27)26(14-6-2)19(7-3)21-24-18-15-16(23)12-13-17(18)22(28)25(21)8-4/h12-13,15,19H,5-11,14H2,1-4H3. The molecule has 1 aromatic heterocycles. The number of benzene rings is 1. The maximum Gasteiger partial charge on any atom is 0.261 e. The van der Waals surface area contributed by atoms with E-state index in [1.807, 2.05) is 18.7 Å². The minimum Gasteiger partial charge on any atom is -0.333 e. The van der Waals surface area contributed by atoms with Gasteiger partial charge in [-0.05, 0) is 44.4 Å². The molecule has 0 radical (unpaired) electrons. The largest absolute Gasteiger partial charge is 0.333 e. The average Bonchev–Trinajstić information content (AvgIpc) is 2.68. The Kier molecular flexibility index (Phi) is 8.49. The molecule has 0 aliphatic rings. The number of carbonyl (C=O) groups excluding carboxylic acids is 1. The Labute approximate surface area is 172 Å². The first-order valence-electron chi connectivity index (χ1n) is 10.5. The summed E-state index contributed by atoms with van der Waals surface area (Å²) in [5.74, 6) is 0.798. The Balaban J connectivity index is 2.54. The number of aromatic nitrogens is 2. The highest BCUT2D eigenvalue weighted by Gasteiger charge is 2.27. The maximum atomic E-state index is 13.0. The van der Waals surface area contributed by atoms with Gasteiger partial charge >= 0.3 is 0 Å². The normalized spacial score (nSPS) is 12.3. The second-order valence-electron chi connectivity index (χ2n) is 7.15. The fraction of sp³-hybridized carbons (Fsp3) is 0.591. The average molecular weight is 406 g/mol. The monoisotopic (exact) mass is 405 g/mol. The predicted octanol–water partition coefficient (Wildman–Crippen LogP) is 5.34. The van der Waals surface area contributed by atoms with E-state index in [1.165, 1.54) is 0 Å². The van der Waals surface area contributed by atoms with Crippen LogP contribution in [0.15, 0.2) is 23.0 Å². The molecule has 1 heterocycles. The summed E-state index contributed by atoms with van der Waals surface area (Å²) in [7, 11) is 0. The summed E-state index contributed by atoms with van der Waals surface area (Å²) in [5, 5.41) is 1.11. The third-order valence-corrected chi connectivity index (χ3v) is 5.34. The third kappa shape index (κ3) is 4.93. The van der Waals surface area contributed by atoms with Crippen LogP contribution in [0.5, 0.6) is 0 Å². The highest BCUT2D eigenvalue weighted by molar-refractivity contribution is 6.31. The van der Waals surface area contributed by atoms with Gasteiger partial charge in [-0.25, -0.2) is 4.98 Å². The van der Waals surface area contributed by atoms with Gasteiger partial charge in [-0.2, -0.15) is 0 Å². The van der Waals surface area contributed by atoms with Crippen LogP contribution in [0.25, 0.3) is 10.9 Å². The Morgan fingerprint density at radius 1 is 1.18 bits per heavy atom. The molecule has 1 unspecified atom stereocenters. The van der Waals surface area contributed by atoms with Crippen LogP contribution in [0.1, 0.15) is 78.1 Å². The predicted molar refractivity (Wildman–Crippen MR) is 116 cm³/mol. The topological polar surface area (TPSA) is 55.2 Å². The molecule has 5 nitrogen and oxygen atoms in total. The molecular formula is C22H32ClN3O2. The molecule has 0 bridgehead atoms. The van der Waals surface area contributed by atoms with E-state index in [-0.39, 0.29) is 17.5 Å². The molecule has 2 aromatic rings. The molecule has 154 valence electrons. The molecule has 1 amide bonds. The SMILES string of the molecule is CCCCCC(=O)N(CCC)C(CC)c1nc2cc(Cl)ccc2c(=O)n1CC. The van der Waals surface area contributed by atoms with Crippen molar-refractivity contribution >= 4 is 28.4 Å². The summed E-state index contributed by atoms with van der Waals surface area (Å²) >= 11 is 6.13. The molecule has 1 atom stereocenters. The summed E-state index contributed by atoms with van der Waals surface area (Å²) in [5.41, 5.74) is 0.512. The lowest BCUT2D eigenvalue weighted by Gasteiger charge is -2.32. The Morgan fingerprint density at radius 3 is 2.54 bits per heavy atom. The van der Waals surface area contributed by atoms with E-state index < -0.39 is 0 Å². The number of nitrogens with zero attached hydrogens (tertiary/aromatic N) is 3. The van der Waals surface area contributed by atoms with Gasteiger partial charge in [0.05, 0.1) is 16.9 Å². The highest BCUT2D eigenvalue weighted by atomic mass is 35.5. The van der Waals surface area contributed by atoms with Crippen LogP contribution in [0.4, 0.5) is 0 Å². The summed E-state index contributed by atoms with van der Waals surface area (Å²) in [6.07, 6.45) is 5.15. The summed E-state index contributed by atoms with van der Waals surface area (Å²) < 4.78 is 1.70. The van der Waals surface area contributed by atoms with Crippen LogP contribution < -0.4 is 5.56 Å². The zero-order valence-corrected chi connectivity index (χ0v) is 18.3. The van der Waals surface area contributed by atoms with Gasteiger partial charge in [-0.3, -0.25) is 14.2 Å². The van der Waals surface area contributed by atoms with Crippen molar-refractivity contribution < 1.29 is 4.79 Å². The van der Waals surface area contributed by atoms with Gasteiger partial charge in [-0.1, -0.05) is 45.2 Å². The lowest BCUT2D eigenvalue weighted by molar-refractivity contribution is -0.134. The third-order valence-electron chi connectivity index (χ3n) is 5.10. The van der Waals surface area contributed by atoms with Crippen LogP contribution in [0.2, 0.25) is 5.02 Å². The van der Waals surface area contributed by atoms with E-state index in [4.69, 9.17) is 16.6 Å². The van der Waals surface area contributed by atoms with Crippen molar-refractivity contribution in [2.45, 2.75) is 78.8 Å². The van der Waals surface area contributed by atoms with Gasteiger partial charge < -0.3 is 4.90 Å². The van der Waals surface area contributed by atoms with Gasteiger partial charge in [0, 0.05) is 24.5 Å². The lowest BCUT2D eigenvalue weighted by atomic mass is 10.1. The van der Waals surface area contributed by atoms with Crippen LogP contribution in [-0.4, -0.2) is 26.9 Å². The number of carbonyl (C=O) groups is 1. The summed E-state index contributed by atoms with van der Waals surface area (Å²) in [4.78, 5) is 32.7. The van der Waals surface area contributed by atoms with Crippen molar-refractivity contribution in [1.29, 1.82) is 0 Å². The van der Waals surface area contributed by atoms with Crippen LogP contribution in [-0.2, 0) is 11.3 Å². The first-order chi connectivity index (χ1) is 13.5. The van der Waals surface area contributed by atoms with E-state index in [9.17, 15) is 9.59 Å². The molecule has 2 rings (SSSR count). The van der Waals surface area contributed by atoms with Crippen molar-refractivity contribution in [1.82, 2.24) is 14.5 Å². The van der Waals surface area contributed by atoms with E-state index in [0.29, 0.717) is 47.7 Å². The number of rotatable bonds is 10. The maximum absolute atomic E-state index is 13.0. The molecule has 0 spiro atoms. The fourth-order valence-corrected chi connectivity index (χ4v) is 3.85. The van der Waals surface area contributed by atoms with Gasteiger partial charge in [0.15, 0.2) is 0 Å². The molecule has 0 aliphatic heterocycles. The van der Waals surface area contributed by atoms with E-state index in [2.05, 4.69) is 13.8 Å². The van der Waals surface area contributed by atoms with Gasteiger partial charge in [-0.15, -0.1) is 0 Å². The molecular weight excluding hydrogens is 374 g/mol. The van der Waals surface area contributed by atoms with Crippen LogP contribution in [0, 0.1) is 0 Å². The number of unbranched alkanes of at least 4 members (excludes halogenated alkanes) is 2. The number of hydrogen-bond acceptors (Lipinski definition) is 3. The van der Waals surface area contributed by atoms with E-state index in [0.717, 1.165) is 25.7 Å². The van der Waals surface area contributed by atoms with Crippen molar-refractivity contribution in [3.05, 3.63) is 39.4 Å². The van der Waals surface area contributed by atoms with E-state index >= 15 is 0 Å². The van der Waals surface area contributed by atoms with Gasteiger partial charge in [0.1, 0.15) is 5.82 Å². The Bertz CT molecular complexity index is 863. The molecule has 0 saturated carbocycles. The smallest absolute Gasteiger partial charge is 0.261 e. The highest BCUT2D eigenvalue weighted by Crippen LogP contribution is 2.26.